The first-order valence-corrected chi connectivity index (χ1v) is 44.8. The van der Waals surface area contributed by atoms with Gasteiger partial charge >= 0.3 is 0 Å². The van der Waals surface area contributed by atoms with Crippen molar-refractivity contribution >= 4 is 0 Å². The lowest BCUT2D eigenvalue weighted by atomic mass is 9.86. The molecule has 0 saturated carbocycles. The summed E-state index contributed by atoms with van der Waals surface area (Å²) >= 11 is 0. The van der Waals surface area contributed by atoms with Crippen molar-refractivity contribution in [3.63, 3.8) is 0 Å². The molecule has 8 aliphatic rings. The van der Waals surface area contributed by atoms with Crippen LogP contribution in [0, 0.1) is 93.5 Å². The highest BCUT2D eigenvalue weighted by Crippen LogP contribution is 2.51. The van der Waals surface area contributed by atoms with Crippen LogP contribution in [0.3, 0.4) is 0 Å². The summed E-state index contributed by atoms with van der Waals surface area (Å²) in [5.74, 6) is -11.8. The Morgan fingerprint density at radius 3 is 0.929 bits per heavy atom. The lowest BCUT2D eigenvalue weighted by molar-refractivity contribution is 0.289. The van der Waals surface area contributed by atoms with Gasteiger partial charge in [0.05, 0.1) is 13.2 Å². The molecule has 0 radical (unpaired) electrons. The quantitative estimate of drug-likeness (QED) is 0.0320. The van der Waals surface area contributed by atoms with Gasteiger partial charge in [-0.25, -0.2) is 13.2 Å². The van der Waals surface area contributed by atoms with Crippen LogP contribution in [-0.4, -0.2) is 39.6 Å². The third kappa shape index (κ3) is 22.2. The lowest BCUT2D eigenvalue weighted by Gasteiger charge is -2.25. The minimum atomic E-state index is -1.26. The number of hydrogen-bond acceptors (Lipinski definition) is 10. The van der Waals surface area contributed by atoms with Crippen molar-refractivity contribution in [3.05, 3.63) is 270 Å². The molecule has 0 saturated heterocycles. The molecular weight excluding hydrogens is 1660 g/mol. The molecule has 16 rings (SSSR count). The molecule has 10 nitrogen and oxygen atoms in total. The standard InChI is InChI=1S/C27H29F3O2.C26H27F3O3.C26H29F3O2.C25H26F4O3/c1-3-5-7-17-8-10-18(11-9-17)16-31-22-15-21-14-20-13-12-19(6-4-2)23(28)26(20)32-27(21)25(30)24(22)29;1-3-5-6-16-7-9-17(10-8-16)15-31-21-14-19-13-18-11-12-20(30-4-2)23(28)25(18)32-26(19)24(29)22(21)27;1-3-5-16-7-9-17(10-8-16)15-30-21-14-20-13-19-12-11-18(6-4-2)22(27)25(19)31-26(20)24(29)23(21)28;1-3-5-14-6-7-16(18(26)10-14)13-31-20-12-17-11-15-8-9-19(30-4-2)22(28)24(15)32-25(17)23(29)21(20)27/h3,10,12-13,15,17H,1,4-9,11,14,16H2,2H3;3,9,11-12,14,16H,1,4-8,10,13,15H2,2H3;9,11-12,14,16H,3-8,10,13,15H2,1-2H3;8-9,12,14H,3-7,10-11,13H2,1-2H3. The largest absolute Gasteiger partial charge is 0.491 e. The van der Waals surface area contributed by atoms with Gasteiger partial charge in [0.2, 0.25) is 58.2 Å². The highest BCUT2D eigenvalue weighted by molar-refractivity contribution is 5.60. The normalized spacial score (nSPS) is 17.3. The fraction of sp³-hybridized carbons (Fsp3) is 0.423. The first kappa shape index (κ1) is 93.9. The summed E-state index contributed by atoms with van der Waals surface area (Å²) in [5.41, 5.74) is 8.76. The number of halogens is 13. The van der Waals surface area contributed by atoms with Gasteiger partial charge in [-0.15, -0.1) is 13.2 Å². The maximum atomic E-state index is 14.8. The van der Waals surface area contributed by atoms with Crippen molar-refractivity contribution < 1.29 is 104 Å². The lowest BCUT2D eigenvalue weighted by Crippen LogP contribution is -2.14. The predicted molar refractivity (Wildman–Crippen MR) is 465 cm³/mol. The van der Waals surface area contributed by atoms with Crippen LogP contribution in [0.5, 0.6) is 80.5 Å². The van der Waals surface area contributed by atoms with Crippen LogP contribution in [0.25, 0.3) is 0 Å². The van der Waals surface area contributed by atoms with Gasteiger partial charge in [-0.3, -0.25) is 0 Å². The number of allylic oxidation sites excluding steroid dienone is 6. The van der Waals surface area contributed by atoms with Gasteiger partial charge in [0.15, 0.2) is 92.1 Å². The molecule has 4 unspecified atom stereocenters. The van der Waals surface area contributed by atoms with Crippen molar-refractivity contribution in [1.82, 2.24) is 0 Å². The molecule has 4 aliphatic heterocycles. The van der Waals surface area contributed by atoms with E-state index in [1.165, 1.54) is 49.2 Å². The van der Waals surface area contributed by atoms with Crippen molar-refractivity contribution in [2.45, 2.75) is 221 Å². The van der Waals surface area contributed by atoms with Gasteiger partial charge in [-0.05, 0) is 216 Å². The van der Waals surface area contributed by atoms with E-state index in [-0.39, 0.29) is 152 Å². The fourth-order valence-corrected chi connectivity index (χ4v) is 17.7. The zero-order valence-electron chi connectivity index (χ0n) is 73.1. The van der Waals surface area contributed by atoms with E-state index < -0.39 is 69.8 Å². The van der Waals surface area contributed by atoms with E-state index in [4.69, 9.17) is 47.4 Å². The Morgan fingerprint density at radius 1 is 0.315 bits per heavy atom. The number of fused-ring (bicyclic) bond motifs is 8. The molecule has 0 bridgehead atoms. The van der Waals surface area contributed by atoms with Crippen LogP contribution < -0.4 is 47.4 Å². The summed E-state index contributed by atoms with van der Waals surface area (Å²) < 4.78 is 246. The molecule has 4 heterocycles. The van der Waals surface area contributed by atoms with Gasteiger partial charge in [0.1, 0.15) is 32.3 Å². The molecule has 4 atom stereocenters. The topological polar surface area (TPSA) is 92.3 Å². The van der Waals surface area contributed by atoms with E-state index in [2.05, 4.69) is 45.2 Å². The summed E-state index contributed by atoms with van der Waals surface area (Å²) in [5, 5.41) is 0. The van der Waals surface area contributed by atoms with Crippen LogP contribution in [0.1, 0.15) is 238 Å². The average Bonchev–Trinajstić information content (AvgIpc) is 0.774. The summed E-state index contributed by atoms with van der Waals surface area (Å²) in [7, 11) is 0. The minimum Gasteiger partial charge on any atom is -0.491 e. The van der Waals surface area contributed by atoms with Crippen LogP contribution in [0.2, 0.25) is 0 Å². The highest BCUT2D eigenvalue weighted by atomic mass is 19.2. The molecule has 0 spiro atoms. The Kier molecular flexibility index (Phi) is 32.4. The molecule has 8 aromatic carbocycles. The smallest absolute Gasteiger partial charge is 0.207 e. The highest BCUT2D eigenvalue weighted by Gasteiger charge is 2.36. The van der Waals surface area contributed by atoms with E-state index >= 15 is 0 Å². The molecule has 0 amide bonds. The first-order chi connectivity index (χ1) is 61.5. The van der Waals surface area contributed by atoms with Gasteiger partial charge in [-0.2, -0.15) is 43.9 Å². The second-order valence-corrected chi connectivity index (χ2v) is 33.8. The molecule has 4 aliphatic carbocycles. The average molecular weight is 1770 g/mol. The Balaban J connectivity index is 0.000000145. The molecule has 23 heteroatoms. The first-order valence-electron chi connectivity index (χ1n) is 44.8. The molecule has 678 valence electrons. The zero-order valence-corrected chi connectivity index (χ0v) is 73.1. The van der Waals surface area contributed by atoms with Crippen molar-refractivity contribution in [2.75, 3.05) is 39.6 Å². The number of rotatable bonds is 30. The minimum absolute atomic E-state index is 0.000544. The Bertz CT molecular complexity index is 5290. The predicted octanol–water partition coefficient (Wildman–Crippen LogP) is 30.2. The van der Waals surface area contributed by atoms with Crippen molar-refractivity contribution in [3.8, 4) is 80.5 Å². The molecule has 8 aromatic rings. The maximum Gasteiger partial charge on any atom is 0.207 e. The van der Waals surface area contributed by atoms with E-state index in [1.54, 1.807) is 50.2 Å². The van der Waals surface area contributed by atoms with Crippen molar-refractivity contribution in [1.29, 1.82) is 0 Å². The number of hydrogen-bond donors (Lipinski definition) is 0. The molecule has 0 aromatic heterocycles. The van der Waals surface area contributed by atoms with Crippen LogP contribution in [0.15, 0.2) is 144 Å². The third-order valence-electron chi connectivity index (χ3n) is 24.7. The summed E-state index contributed by atoms with van der Waals surface area (Å²) in [6, 6.07) is 19.1. The van der Waals surface area contributed by atoms with E-state index in [0.29, 0.717) is 111 Å². The monoisotopic (exact) mass is 1770 g/mol. The van der Waals surface area contributed by atoms with Gasteiger partial charge in [0.25, 0.3) is 0 Å². The van der Waals surface area contributed by atoms with Gasteiger partial charge < -0.3 is 47.4 Å². The Labute approximate surface area is 735 Å². The molecule has 0 N–H and O–H groups in total. The van der Waals surface area contributed by atoms with E-state index in [9.17, 15) is 57.1 Å². The third-order valence-corrected chi connectivity index (χ3v) is 24.7. The van der Waals surface area contributed by atoms with Crippen LogP contribution in [0.4, 0.5) is 57.1 Å². The molecule has 0 fully saturated rings. The Morgan fingerprint density at radius 2 is 0.622 bits per heavy atom. The van der Waals surface area contributed by atoms with E-state index in [1.807, 2.05) is 26.0 Å². The van der Waals surface area contributed by atoms with Gasteiger partial charge in [-0.1, -0.05) is 133 Å². The maximum absolute atomic E-state index is 14.8. The van der Waals surface area contributed by atoms with Crippen LogP contribution >= 0.6 is 0 Å². The second kappa shape index (κ2) is 43.9. The molecular formula is C104H111F13O10. The van der Waals surface area contributed by atoms with Crippen molar-refractivity contribution in [2.24, 2.45) is 23.7 Å². The number of benzene rings is 8. The SMILES string of the molecule is C=CCCC1CC=C(COc2cc3c(c(F)c2F)Oc2c(ccc(CCC)c2F)C3)CC1.C=CCCC1CC=C(COc2cc3c(c(F)c2F)Oc2c(ccc(OCC)c2F)C3)CC1.CCCC1CCC(COc2cc3c(c(F)c2F)Oc2c(ccc(OCC)c2F)C3)=C(F)C1.CCCc1ccc2c(c1F)Oc1c(cc(OCC3=CCC(CCC)CC3)c(F)c1F)C2. The Hall–Kier alpha value is -10.7. The summed E-state index contributed by atoms with van der Waals surface area (Å²) in [4.78, 5) is 0. The number of ether oxygens (including phenoxy) is 10. The second-order valence-electron chi connectivity index (χ2n) is 33.8. The van der Waals surface area contributed by atoms with Gasteiger partial charge in [0, 0.05) is 76.6 Å². The molecule has 127 heavy (non-hydrogen) atoms. The van der Waals surface area contributed by atoms with E-state index in [0.717, 1.165) is 132 Å². The zero-order chi connectivity index (χ0) is 90.1. The number of aryl methyl sites for hydroxylation is 2. The summed E-state index contributed by atoms with van der Waals surface area (Å²) in [6.45, 7) is 20.2. The van der Waals surface area contributed by atoms with Crippen LogP contribution in [-0.2, 0) is 38.5 Å². The fourth-order valence-electron chi connectivity index (χ4n) is 17.7. The summed E-state index contributed by atoms with van der Waals surface area (Å²) in [6.07, 6.45) is 33.2.